The van der Waals surface area contributed by atoms with Crippen LogP contribution in [-0.2, 0) is 9.59 Å². The van der Waals surface area contributed by atoms with Gasteiger partial charge in [0.15, 0.2) is 0 Å². The Labute approximate surface area is 108 Å². The van der Waals surface area contributed by atoms with Crippen LogP contribution in [0.1, 0.15) is 12.0 Å². The van der Waals surface area contributed by atoms with Gasteiger partial charge in [-0.2, -0.15) is 5.26 Å². The van der Waals surface area contributed by atoms with Crippen molar-refractivity contribution in [2.45, 2.75) is 6.42 Å². The molecular formula is C12H9ClN2O3. The minimum atomic E-state index is -0.955. The number of hydrogen-bond donors (Lipinski definition) is 2. The van der Waals surface area contributed by atoms with Crippen molar-refractivity contribution in [1.29, 1.82) is 5.26 Å². The number of halogens is 1. The predicted octanol–water partition coefficient (Wildman–Crippen LogP) is 1.87. The van der Waals surface area contributed by atoms with E-state index in [1.54, 1.807) is 6.07 Å². The van der Waals surface area contributed by atoms with Gasteiger partial charge in [0, 0.05) is 5.69 Å². The molecule has 1 aliphatic carbocycles. The number of benzene rings is 1. The lowest BCUT2D eigenvalue weighted by molar-refractivity contribution is -0.139. The Morgan fingerprint density at radius 1 is 1.44 bits per heavy atom. The first-order valence-corrected chi connectivity index (χ1v) is 5.64. The number of rotatable bonds is 3. The van der Waals surface area contributed by atoms with Gasteiger partial charge in [0.2, 0.25) is 5.91 Å². The number of carbonyl (C=O) groups is 2. The fraction of sp³-hybridized carbons (Fsp3) is 0.250. The molecule has 1 fully saturated rings. The molecule has 18 heavy (non-hydrogen) atoms. The fourth-order valence-corrected chi connectivity index (χ4v) is 1.84. The van der Waals surface area contributed by atoms with Gasteiger partial charge in [-0.15, -0.1) is 0 Å². The van der Waals surface area contributed by atoms with Gasteiger partial charge in [-0.05, 0) is 24.6 Å². The Balaban J connectivity index is 2.05. The molecule has 1 amide bonds. The minimum absolute atomic E-state index is 0.264. The minimum Gasteiger partial charge on any atom is -0.481 e. The Bertz CT molecular complexity index is 565. The molecule has 0 spiro atoms. The summed E-state index contributed by atoms with van der Waals surface area (Å²) < 4.78 is 0. The quantitative estimate of drug-likeness (QED) is 0.872. The van der Waals surface area contributed by atoms with E-state index >= 15 is 0 Å². The third-order valence-electron chi connectivity index (χ3n) is 2.80. The van der Waals surface area contributed by atoms with E-state index in [-0.39, 0.29) is 11.5 Å². The summed E-state index contributed by atoms with van der Waals surface area (Å²) in [6.45, 7) is 0. The van der Waals surface area contributed by atoms with E-state index in [0.717, 1.165) is 0 Å². The van der Waals surface area contributed by atoms with Crippen molar-refractivity contribution in [3.8, 4) is 6.07 Å². The summed E-state index contributed by atoms with van der Waals surface area (Å²) in [5, 5.41) is 20.4. The van der Waals surface area contributed by atoms with Crippen molar-refractivity contribution < 1.29 is 14.7 Å². The van der Waals surface area contributed by atoms with E-state index in [0.29, 0.717) is 17.1 Å². The molecule has 0 aromatic heterocycles. The summed E-state index contributed by atoms with van der Waals surface area (Å²) in [5.74, 6) is -2.37. The maximum atomic E-state index is 11.7. The lowest BCUT2D eigenvalue weighted by Gasteiger charge is -2.05. The van der Waals surface area contributed by atoms with Crippen LogP contribution < -0.4 is 5.32 Å². The van der Waals surface area contributed by atoms with Gasteiger partial charge in [0.25, 0.3) is 0 Å². The zero-order valence-corrected chi connectivity index (χ0v) is 9.94. The first kappa shape index (κ1) is 12.4. The van der Waals surface area contributed by atoms with Crippen molar-refractivity contribution in [1.82, 2.24) is 0 Å². The second-order valence-electron chi connectivity index (χ2n) is 4.08. The van der Waals surface area contributed by atoms with E-state index in [2.05, 4.69) is 5.32 Å². The molecule has 0 aliphatic heterocycles. The first-order valence-electron chi connectivity index (χ1n) is 5.26. The molecule has 2 N–H and O–H groups in total. The number of nitrogens with zero attached hydrogens (tertiary/aromatic N) is 1. The van der Waals surface area contributed by atoms with Gasteiger partial charge in [-0.1, -0.05) is 11.6 Å². The molecule has 1 aliphatic rings. The Morgan fingerprint density at radius 2 is 2.17 bits per heavy atom. The number of amides is 1. The number of anilines is 1. The van der Waals surface area contributed by atoms with Crippen molar-refractivity contribution >= 4 is 29.2 Å². The van der Waals surface area contributed by atoms with Crippen LogP contribution in [0.4, 0.5) is 5.69 Å². The van der Waals surface area contributed by atoms with E-state index in [1.165, 1.54) is 12.1 Å². The number of carbonyl (C=O) groups excluding carboxylic acids is 1. The number of carboxylic acids is 1. The van der Waals surface area contributed by atoms with E-state index < -0.39 is 17.8 Å². The predicted molar refractivity (Wildman–Crippen MR) is 64.0 cm³/mol. The zero-order chi connectivity index (χ0) is 13.3. The van der Waals surface area contributed by atoms with Crippen LogP contribution in [-0.4, -0.2) is 17.0 Å². The van der Waals surface area contributed by atoms with E-state index in [9.17, 15) is 9.59 Å². The normalized spacial score (nSPS) is 20.9. The van der Waals surface area contributed by atoms with Crippen molar-refractivity contribution in [3.05, 3.63) is 28.8 Å². The highest BCUT2D eigenvalue weighted by molar-refractivity contribution is 6.31. The monoisotopic (exact) mass is 264 g/mol. The summed E-state index contributed by atoms with van der Waals surface area (Å²) >= 11 is 5.76. The van der Waals surface area contributed by atoms with E-state index in [4.69, 9.17) is 22.0 Å². The summed E-state index contributed by atoms with van der Waals surface area (Å²) in [6.07, 6.45) is 0.361. The van der Waals surface area contributed by atoms with Gasteiger partial charge in [-0.25, -0.2) is 0 Å². The average molecular weight is 265 g/mol. The largest absolute Gasteiger partial charge is 0.481 e. The Hall–Kier alpha value is -2.06. The molecule has 6 heteroatoms. The smallest absolute Gasteiger partial charge is 0.307 e. The number of carboxylic acid groups (broad SMARTS) is 1. The molecule has 1 aromatic carbocycles. The molecule has 2 atom stereocenters. The van der Waals surface area contributed by atoms with Gasteiger partial charge in [-0.3, -0.25) is 9.59 Å². The van der Waals surface area contributed by atoms with Crippen LogP contribution in [0, 0.1) is 23.2 Å². The lowest BCUT2D eigenvalue weighted by Crippen LogP contribution is -2.16. The number of nitriles is 1. The number of aliphatic carboxylic acids is 1. The van der Waals surface area contributed by atoms with E-state index in [1.807, 2.05) is 6.07 Å². The van der Waals surface area contributed by atoms with Crippen LogP contribution in [0.2, 0.25) is 5.02 Å². The Morgan fingerprint density at radius 3 is 2.72 bits per heavy atom. The topological polar surface area (TPSA) is 90.2 Å². The maximum absolute atomic E-state index is 11.7. The van der Waals surface area contributed by atoms with Crippen LogP contribution in [0.3, 0.4) is 0 Å². The molecular weight excluding hydrogens is 256 g/mol. The second kappa shape index (κ2) is 4.67. The molecule has 0 radical (unpaired) electrons. The molecule has 0 bridgehead atoms. The highest BCUT2D eigenvalue weighted by atomic mass is 35.5. The molecule has 2 rings (SSSR count). The Kier molecular flexibility index (Phi) is 3.21. The number of nitrogens with one attached hydrogen (secondary N) is 1. The first-order chi connectivity index (χ1) is 8.52. The van der Waals surface area contributed by atoms with Crippen molar-refractivity contribution in [2.24, 2.45) is 11.8 Å². The van der Waals surface area contributed by atoms with Crippen molar-refractivity contribution in [2.75, 3.05) is 5.32 Å². The van der Waals surface area contributed by atoms with Gasteiger partial charge in [0.1, 0.15) is 6.07 Å². The highest BCUT2D eigenvalue weighted by Crippen LogP contribution is 2.39. The van der Waals surface area contributed by atoms with Crippen LogP contribution in [0.15, 0.2) is 18.2 Å². The van der Waals surface area contributed by atoms with Crippen molar-refractivity contribution in [3.63, 3.8) is 0 Å². The van der Waals surface area contributed by atoms with Gasteiger partial charge >= 0.3 is 5.97 Å². The molecule has 0 heterocycles. The van der Waals surface area contributed by atoms with Gasteiger partial charge < -0.3 is 10.4 Å². The standard InChI is InChI=1S/C12H9ClN2O3/c13-10-2-1-7(3-6(10)5-14)15-11(16)8-4-9(8)12(17)18/h1-3,8-9H,4H2,(H,15,16)(H,17,18). The third-order valence-corrected chi connectivity index (χ3v) is 3.13. The van der Waals surface area contributed by atoms with Gasteiger partial charge in [0.05, 0.1) is 22.4 Å². The molecule has 5 nitrogen and oxygen atoms in total. The number of hydrogen-bond acceptors (Lipinski definition) is 3. The zero-order valence-electron chi connectivity index (χ0n) is 9.18. The van der Waals surface area contributed by atoms with Crippen LogP contribution in [0.25, 0.3) is 0 Å². The maximum Gasteiger partial charge on any atom is 0.307 e. The van der Waals surface area contributed by atoms with Crippen LogP contribution >= 0.6 is 11.6 Å². The average Bonchev–Trinajstić information content (AvgIpc) is 3.11. The van der Waals surface area contributed by atoms with Crippen LogP contribution in [0.5, 0.6) is 0 Å². The molecule has 92 valence electrons. The highest BCUT2D eigenvalue weighted by Gasteiger charge is 2.48. The fourth-order valence-electron chi connectivity index (χ4n) is 1.68. The summed E-state index contributed by atoms with van der Waals surface area (Å²) in [4.78, 5) is 22.3. The SMILES string of the molecule is N#Cc1cc(NC(=O)C2CC2C(=O)O)ccc1Cl. The summed E-state index contributed by atoms with van der Waals surface area (Å²) in [6, 6.07) is 6.44. The molecule has 1 aromatic rings. The molecule has 2 unspecified atom stereocenters. The lowest BCUT2D eigenvalue weighted by atomic mass is 10.2. The second-order valence-corrected chi connectivity index (χ2v) is 4.49. The molecule has 0 saturated heterocycles. The molecule has 1 saturated carbocycles. The summed E-state index contributed by atoms with van der Waals surface area (Å²) in [5.41, 5.74) is 0.706. The third kappa shape index (κ3) is 2.44. The summed E-state index contributed by atoms with van der Waals surface area (Å²) in [7, 11) is 0.